The largest absolute Gasteiger partial charge is 0.415 e. The molecule has 10 atom stereocenters. The highest BCUT2D eigenvalue weighted by Gasteiger charge is 2.63. The molecule has 37 heavy (non-hydrogen) atoms. The molecule has 0 amide bonds. The van der Waals surface area contributed by atoms with Crippen molar-refractivity contribution in [3.63, 3.8) is 0 Å². The first-order chi connectivity index (χ1) is 17.0. The second kappa shape index (κ2) is 11.0. The van der Waals surface area contributed by atoms with Gasteiger partial charge in [0.15, 0.2) is 16.6 Å². The molecule has 4 saturated carbocycles. The summed E-state index contributed by atoms with van der Waals surface area (Å²) >= 11 is 0. The molecule has 0 aliphatic heterocycles. The van der Waals surface area contributed by atoms with Crippen LogP contribution in [0.5, 0.6) is 0 Å². The van der Waals surface area contributed by atoms with E-state index in [1.807, 2.05) is 0 Å². The van der Waals surface area contributed by atoms with Crippen molar-refractivity contribution in [2.24, 2.45) is 52.3 Å². The van der Waals surface area contributed by atoms with E-state index < -0.39 is 16.6 Å². The summed E-state index contributed by atoms with van der Waals surface area (Å²) in [6.45, 7) is 27.2. The van der Waals surface area contributed by atoms with Crippen LogP contribution in [0.2, 0.25) is 39.3 Å². The molecule has 2 nitrogen and oxygen atoms in total. The van der Waals surface area contributed by atoms with Gasteiger partial charge in [-0.25, -0.2) is 0 Å². The van der Waals surface area contributed by atoms with E-state index in [2.05, 4.69) is 73.9 Å². The summed E-state index contributed by atoms with van der Waals surface area (Å²) in [4.78, 5) is 0. The summed E-state index contributed by atoms with van der Waals surface area (Å²) in [5, 5.41) is 0. The summed E-state index contributed by atoms with van der Waals surface area (Å²) < 4.78 is 13.9. The van der Waals surface area contributed by atoms with Gasteiger partial charge in [-0.3, -0.25) is 0 Å². The van der Waals surface area contributed by atoms with Crippen molar-refractivity contribution in [2.45, 2.75) is 157 Å². The highest BCUT2D eigenvalue weighted by atomic mass is 28.4. The molecule has 0 N–H and O–H groups in total. The van der Waals surface area contributed by atoms with Crippen molar-refractivity contribution >= 4 is 16.6 Å². The average molecular weight is 549 g/mol. The zero-order valence-corrected chi connectivity index (χ0v) is 28.8. The second-order valence-corrected chi connectivity index (χ2v) is 26.1. The van der Waals surface area contributed by atoms with Crippen LogP contribution in [-0.2, 0) is 8.85 Å². The van der Waals surface area contributed by atoms with E-state index in [0.717, 1.165) is 35.5 Å². The lowest BCUT2D eigenvalue weighted by Gasteiger charge is -2.63. The van der Waals surface area contributed by atoms with Crippen LogP contribution in [0.25, 0.3) is 0 Å². The summed E-state index contributed by atoms with van der Waals surface area (Å²) in [6, 6.07) is 0. The van der Waals surface area contributed by atoms with Gasteiger partial charge in [0.2, 0.25) is 0 Å². The Morgan fingerprint density at radius 1 is 0.703 bits per heavy atom. The van der Waals surface area contributed by atoms with E-state index in [0.29, 0.717) is 29.0 Å². The Balaban J connectivity index is 1.56. The van der Waals surface area contributed by atoms with Gasteiger partial charge in [0, 0.05) is 12.2 Å². The first-order valence-electron chi connectivity index (χ1n) is 16.4. The summed E-state index contributed by atoms with van der Waals surface area (Å²) in [6.07, 6.45) is 16.3. The lowest BCUT2D eigenvalue weighted by Crippen LogP contribution is -2.60. The molecule has 0 aromatic carbocycles. The van der Waals surface area contributed by atoms with Crippen LogP contribution in [0, 0.1) is 52.3 Å². The topological polar surface area (TPSA) is 18.5 Å². The van der Waals surface area contributed by atoms with Gasteiger partial charge in [-0.15, -0.1) is 0 Å². The third-order valence-corrected chi connectivity index (χ3v) is 13.9. The molecule has 4 aliphatic carbocycles. The molecule has 0 aromatic heterocycles. The third-order valence-electron chi connectivity index (χ3n) is 11.8. The van der Waals surface area contributed by atoms with Gasteiger partial charge >= 0.3 is 0 Å². The van der Waals surface area contributed by atoms with Gasteiger partial charge in [-0.05, 0) is 143 Å². The highest BCUT2D eigenvalue weighted by Crippen LogP contribution is 2.69. The average Bonchev–Trinajstić information content (AvgIpc) is 3.10. The molecule has 4 heteroatoms. The van der Waals surface area contributed by atoms with Gasteiger partial charge in [-0.1, -0.05) is 53.9 Å². The Labute approximate surface area is 234 Å². The Bertz CT molecular complexity index is 769. The van der Waals surface area contributed by atoms with Crippen molar-refractivity contribution in [3.05, 3.63) is 0 Å². The van der Waals surface area contributed by atoms with E-state index >= 15 is 0 Å². The van der Waals surface area contributed by atoms with E-state index in [-0.39, 0.29) is 0 Å². The van der Waals surface area contributed by atoms with E-state index in [9.17, 15) is 0 Å². The number of fused-ring (bicyclic) bond motifs is 5. The SMILES string of the molecule is CC(C)CCC[C@@H](C)[C@H]1CC[C@H]2[C@@H]3CC(O[Si](C)(C)C)C4CC(O[Si](C)(C)C)CC[C@]4(C)[C@H]3CC[C@]12C. The van der Waals surface area contributed by atoms with Crippen LogP contribution in [0.15, 0.2) is 0 Å². The zero-order valence-electron chi connectivity index (χ0n) is 26.8. The van der Waals surface area contributed by atoms with Gasteiger partial charge in [0.1, 0.15) is 0 Å². The smallest absolute Gasteiger partial charge is 0.184 e. The van der Waals surface area contributed by atoms with Crippen molar-refractivity contribution in [2.75, 3.05) is 0 Å². The standard InChI is InChI=1S/C33H64O2Si2/c1-23(2)13-12-14-24(3)27-15-16-28-26-22-31(35-37(9,10)11)30-21-25(34-36(6,7)8)17-19-33(30,5)29(26)18-20-32(27,28)4/h23-31H,12-22H2,1-11H3/t24-,25?,26+,27-,28+,29+,30?,31?,32-,33-/m1/s1. The van der Waals surface area contributed by atoms with Gasteiger partial charge < -0.3 is 8.85 Å². The molecule has 0 heterocycles. The van der Waals surface area contributed by atoms with Crippen LogP contribution in [0.3, 0.4) is 0 Å². The van der Waals surface area contributed by atoms with Gasteiger partial charge in [-0.2, -0.15) is 0 Å². The third kappa shape index (κ3) is 6.48. The monoisotopic (exact) mass is 548 g/mol. The molecule has 216 valence electrons. The normalized spacial score (nSPS) is 43.3. The maximum Gasteiger partial charge on any atom is 0.184 e. The van der Waals surface area contributed by atoms with E-state index in [1.165, 1.54) is 70.6 Å². The van der Waals surface area contributed by atoms with Gasteiger partial charge in [0.05, 0.1) is 0 Å². The minimum atomic E-state index is -1.62. The van der Waals surface area contributed by atoms with Gasteiger partial charge in [0.25, 0.3) is 0 Å². The van der Waals surface area contributed by atoms with Crippen LogP contribution < -0.4 is 0 Å². The predicted octanol–water partition coefficient (Wildman–Crippen LogP) is 10.2. The number of rotatable bonds is 9. The molecule has 0 radical (unpaired) electrons. The van der Waals surface area contributed by atoms with E-state index in [1.54, 1.807) is 0 Å². The zero-order chi connectivity index (χ0) is 27.4. The fraction of sp³-hybridized carbons (Fsp3) is 1.00. The molecule has 3 unspecified atom stereocenters. The lowest BCUT2D eigenvalue weighted by atomic mass is 9.43. The molecule has 4 rings (SSSR count). The quantitative estimate of drug-likeness (QED) is 0.267. The van der Waals surface area contributed by atoms with Crippen molar-refractivity contribution in [1.29, 1.82) is 0 Å². The first-order valence-corrected chi connectivity index (χ1v) is 23.2. The number of hydrogen-bond donors (Lipinski definition) is 0. The lowest BCUT2D eigenvalue weighted by molar-refractivity contribution is -0.166. The maximum atomic E-state index is 7.17. The summed E-state index contributed by atoms with van der Waals surface area (Å²) in [7, 11) is -3.14. The van der Waals surface area contributed by atoms with Crippen molar-refractivity contribution in [3.8, 4) is 0 Å². The van der Waals surface area contributed by atoms with Crippen LogP contribution >= 0.6 is 0 Å². The number of hydrogen-bond acceptors (Lipinski definition) is 2. The second-order valence-electron chi connectivity index (χ2n) is 17.2. The predicted molar refractivity (Wildman–Crippen MR) is 165 cm³/mol. The van der Waals surface area contributed by atoms with E-state index in [4.69, 9.17) is 8.85 Å². The molecule has 0 aromatic rings. The van der Waals surface area contributed by atoms with Crippen LogP contribution in [0.4, 0.5) is 0 Å². The van der Waals surface area contributed by atoms with Crippen LogP contribution in [-0.4, -0.2) is 28.8 Å². The molecular weight excluding hydrogens is 485 g/mol. The minimum Gasteiger partial charge on any atom is -0.415 e. The Morgan fingerprint density at radius 2 is 1.32 bits per heavy atom. The first kappa shape index (κ1) is 30.3. The van der Waals surface area contributed by atoms with Crippen molar-refractivity contribution < 1.29 is 8.85 Å². The van der Waals surface area contributed by atoms with Crippen molar-refractivity contribution in [1.82, 2.24) is 0 Å². The van der Waals surface area contributed by atoms with Crippen LogP contribution in [0.1, 0.15) is 105 Å². The Morgan fingerprint density at radius 3 is 1.95 bits per heavy atom. The highest BCUT2D eigenvalue weighted by molar-refractivity contribution is 6.70. The summed E-state index contributed by atoms with van der Waals surface area (Å²) in [5.74, 6) is 6.06. The fourth-order valence-electron chi connectivity index (χ4n) is 10.4. The summed E-state index contributed by atoms with van der Waals surface area (Å²) in [5.41, 5.74) is 0.998. The Hall–Kier alpha value is 0.354. The molecule has 4 aliphatic rings. The fourth-order valence-corrected chi connectivity index (χ4v) is 12.8. The minimum absolute atomic E-state index is 0.439. The molecule has 0 spiro atoms. The molecular formula is C33H64O2Si2. The Kier molecular flexibility index (Phi) is 8.99. The maximum absolute atomic E-state index is 7.17. The molecule has 4 fully saturated rings. The molecule has 0 bridgehead atoms. The molecule has 0 saturated heterocycles.